The van der Waals surface area contributed by atoms with Crippen LogP contribution < -0.4 is 15.4 Å². The quantitative estimate of drug-likeness (QED) is 0.688. The Kier molecular flexibility index (Phi) is 6.13. The van der Waals surface area contributed by atoms with E-state index in [1.807, 2.05) is 24.3 Å². The first kappa shape index (κ1) is 17.3. The molecule has 0 atom stereocenters. The molecule has 0 fully saturated rings. The van der Waals surface area contributed by atoms with Gasteiger partial charge < -0.3 is 20.5 Å². The first-order valence-corrected chi connectivity index (χ1v) is 7.41. The summed E-state index contributed by atoms with van der Waals surface area (Å²) in [6.45, 7) is 0.635. The van der Waals surface area contributed by atoms with Crippen LogP contribution in [0.3, 0.4) is 0 Å². The Bertz CT molecular complexity index is 684. The van der Waals surface area contributed by atoms with Crippen molar-refractivity contribution < 1.29 is 19.4 Å². The van der Waals surface area contributed by atoms with Crippen molar-refractivity contribution in [2.45, 2.75) is 19.4 Å². The summed E-state index contributed by atoms with van der Waals surface area (Å²) in [5.41, 5.74) is 1.91. The summed E-state index contributed by atoms with van der Waals surface area (Å²) in [7, 11) is 1.63. The van der Waals surface area contributed by atoms with E-state index in [0.717, 1.165) is 17.0 Å². The van der Waals surface area contributed by atoms with Crippen molar-refractivity contribution >= 4 is 23.4 Å². The van der Waals surface area contributed by atoms with Gasteiger partial charge in [-0.15, -0.1) is 0 Å². The predicted octanol–water partition coefficient (Wildman–Crippen LogP) is 2.51. The molecule has 0 saturated carbocycles. The Morgan fingerprint density at radius 2 is 1.88 bits per heavy atom. The number of benzene rings is 1. The van der Waals surface area contributed by atoms with Gasteiger partial charge in [-0.05, 0) is 29.8 Å². The van der Waals surface area contributed by atoms with Crippen LogP contribution in [-0.2, 0) is 16.1 Å². The van der Waals surface area contributed by atoms with E-state index in [0.29, 0.717) is 12.4 Å². The van der Waals surface area contributed by atoms with E-state index in [1.54, 1.807) is 25.4 Å². The Balaban J connectivity index is 1.82. The molecule has 24 heavy (non-hydrogen) atoms. The van der Waals surface area contributed by atoms with Gasteiger partial charge >= 0.3 is 5.97 Å². The fraction of sp³-hybridized carbons (Fsp3) is 0.235. The number of carbonyl (C=O) groups is 2. The van der Waals surface area contributed by atoms with Gasteiger partial charge in [0, 0.05) is 13.0 Å². The van der Waals surface area contributed by atoms with Crippen LogP contribution in [0.25, 0.3) is 0 Å². The minimum absolute atomic E-state index is 0.0749. The molecule has 1 amide bonds. The number of rotatable bonds is 8. The van der Waals surface area contributed by atoms with Gasteiger partial charge in [-0.1, -0.05) is 12.1 Å². The lowest BCUT2D eigenvalue weighted by molar-refractivity contribution is -0.138. The number of pyridine rings is 1. The maximum atomic E-state index is 11.5. The smallest absolute Gasteiger partial charge is 0.303 e. The largest absolute Gasteiger partial charge is 0.497 e. The number of hydrogen-bond donors (Lipinski definition) is 3. The molecule has 7 nitrogen and oxygen atoms in total. The van der Waals surface area contributed by atoms with Crippen molar-refractivity contribution in [3.63, 3.8) is 0 Å². The van der Waals surface area contributed by atoms with Gasteiger partial charge in [0.15, 0.2) is 0 Å². The SMILES string of the molecule is COc1ccc(CNc2ccc(NC(=O)CCC(=O)O)nc2)cc1. The van der Waals surface area contributed by atoms with Crippen LogP contribution in [0.1, 0.15) is 18.4 Å². The number of anilines is 2. The summed E-state index contributed by atoms with van der Waals surface area (Å²) >= 11 is 0. The van der Waals surface area contributed by atoms with Gasteiger partial charge in [-0.25, -0.2) is 4.98 Å². The number of methoxy groups -OCH3 is 1. The third-order valence-corrected chi connectivity index (χ3v) is 3.25. The molecule has 0 bridgehead atoms. The van der Waals surface area contributed by atoms with Crippen molar-refractivity contribution in [2.75, 3.05) is 17.7 Å². The summed E-state index contributed by atoms with van der Waals surface area (Å²) in [5, 5.41) is 14.3. The number of carboxylic acid groups (broad SMARTS) is 1. The Morgan fingerprint density at radius 3 is 2.46 bits per heavy atom. The number of nitrogens with zero attached hydrogens (tertiary/aromatic N) is 1. The minimum Gasteiger partial charge on any atom is -0.497 e. The van der Waals surface area contributed by atoms with E-state index >= 15 is 0 Å². The first-order chi connectivity index (χ1) is 11.6. The molecule has 0 spiro atoms. The zero-order chi connectivity index (χ0) is 17.4. The van der Waals surface area contributed by atoms with Crippen molar-refractivity contribution in [2.24, 2.45) is 0 Å². The fourth-order valence-corrected chi connectivity index (χ4v) is 1.95. The molecular formula is C17H19N3O4. The third-order valence-electron chi connectivity index (χ3n) is 3.25. The third kappa shape index (κ3) is 5.60. The first-order valence-electron chi connectivity index (χ1n) is 7.41. The maximum Gasteiger partial charge on any atom is 0.303 e. The second kappa shape index (κ2) is 8.52. The van der Waals surface area contributed by atoms with Crippen LogP contribution >= 0.6 is 0 Å². The van der Waals surface area contributed by atoms with Crippen LogP contribution in [0.5, 0.6) is 5.75 Å². The van der Waals surface area contributed by atoms with Gasteiger partial charge in [0.25, 0.3) is 0 Å². The molecule has 0 aliphatic rings. The number of carbonyl (C=O) groups excluding carboxylic acids is 1. The topological polar surface area (TPSA) is 101 Å². The van der Waals surface area contributed by atoms with Crippen molar-refractivity contribution in [3.8, 4) is 5.75 Å². The average molecular weight is 329 g/mol. The molecule has 0 unspecified atom stereocenters. The minimum atomic E-state index is -1.00. The van der Waals surface area contributed by atoms with E-state index < -0.39 is 5.97 Å². The van der Waals surface area contributed by atoms with Crippen LogP contribution in [0.4, 0.5) is 11.5 Å². The van der Waals surface area contributed by atoms with Crippen LogP contribution in [-0.4, -0.2) is 29.1 Å². The lowest BCUT2D eigenvalue weighted by Crippen LogP contribution is -2.14. The molecule has 0 radical (unpaired) electrons. The van der Waals surface area contributed by atoms with Crippen LogP contribution in [0, 0.1) is 0 Å². The highest BCUT2D eigenvalue weighted by atomic mass is 16.5. The fourth-order valence-electron chi connectivity index (χ4n) is 1.95. The van der Waals surface area contributed by atoms with Gasteiger partial charge in [-0.2, -0.15) is 0 Å². The van der Waals surface area contributed by atoms with Crippen LogP contribution in [0.2, 0.25) is 0 Å². The summed E-state index contributed by atoms with van der Waals surface area (Å²) in [4.78, 5) is 26.1. The van der Waals surface area contributed by atoms with Gasteiger partial charge in [0.2, 0.25) is 5.91 Å². The standard InChI is InChI=1S/C17H19N3O4/c1-24-14-5-2-12(3-6-14)10-18-13-4-7-15(19-11-13)20-16(21)8-9-17(22)23/h2-7,11,18H,8-10H2,1H3,(H,22,23)(H,19,20,21). The van der Waals surface area contributed by atoms with E-state index in [-0.39, 0.29) is 18.7 Å². The molecule has 1 aromatic carbocycles. The molecule has 1 aromatic heterocycles. The normalized spacial score (nSPS) is 10.0. The Morgan fingerprint density at radius 1 is 1.12 bits per heavy atom. The van der Waals surface area contributed by atoms with E-state index in [1.165, 1.54) is 0 Å². The lowest BCUT2D eigenvalue weighted by atomic mass is 10.2. The summed E-state index contributed by atoms with van der Waals surface area (Å²) in [5.74, 6) is -0.177. The van der Waals surface area contributed by atoms with Crippen molar-refractivity contribution in [3.05, 3.63) is 48.2 Å². The molecule has 0 aliphatic heterocycles. The highest BCUT2D eigenvalue weighted by Gasteiger charge is 2.06. The van der Waals surface area contributed by atoms with Gasteiger partial charge in [-0.3, -0.25) is 9.59 Å². The highest BCUT2D eigenvalue weighted by Crippen LogP contribution is 2.14. The molecule has 2 aromatic rings. The van der Waals surface area contributed by atoms with Crippen molar-refractivity contribution in [1.82, 2.24) is 4.98 Å². The molecule has 1 heterocycles. The average Bonchev–Trinajstić information content (AvgIpc) is 2.60. The summed E-state index contributed by atoms with van der Waals surface area (Å²) in [6.07, 6.45) is 1.33. The summed E-state index contributed by atoms with van der Waals surface area (Å²) < 4.78 is 5.11. The maximum absolute atomic E-state index is 11.5. The Hall–Kier alpha value is -3.09. The van der Waals surface area contributed by atoms with Gasteiger partial charge in [0.05, 0.1) is 25.4 Å². The van der Waals surface area contributed by atoms with Crippen molar-refractivity contribution in [1.29, 1.82) is 0 Å². The predicted molar refractivity (Wildman–Crippen MR) is 90.1 cm³/mol. The second-order valence-corrected chi connectivity index (χ2v) is 5.08. The highest BCUT2D eigenvalue weighted by molar-refractivity contribution is 5.91. The Labute approximate surface area is 139 Å². The second-order valence-electron chi connectivity index (χ2n) is 5.08. The number of hydrogen-bond acceptors (Lipinski definition) is 5. The van der Waals surface area contributed by atoms with E-state index in [2.05, 4.69) is 15.6 Å². The molecule has 126 valence electrons. The monoisotopic (exact) mass is 329 g/mol. The molecule has 0 aliphatic carbocycles. The number of carboxylic acids is 1. The number of amides is 1. The number of nitrogens with one attached hydrogen (secondary N) is 2. The molecule has 7 heteroatoms. The van der Waals surface area contributed by atoms with Crippen LogP contribution in [0.15, 0.2) is 42.6 Å². The number of ether oxygens (including phenoxy) is 1. The van der Waals surface area contributed by atoms with E-state index in [9.17, 15) is 9.59 Å². The lowest BCUT2D eigenvalue weighted by Gasteiger charge is -2.08. The zero-order valence-corrected chi connectivity index (χ0v) is 13.3. The number of aromatic nitrogens is 1. The molecular weight excluding hydrogens is 310 g/mol. The molecule has 3 N–H and O–H groups in total. The van der Waals surface area contributed by atoms with Gasteiger partial charge in [0.1, 0.15) is 11.6 Å². The van der Waals surface area contributed by atoms with E-state index in [4.69, 9.17) is 9.84 Å². The molecule has 0 saturated heterocycles. The summed E-state index contributed by atoms with van der Waals surface area (Å²) in [6, 6.07) is 11.2. The molecule has 2 rings (SSSR count). The zero-order valence-electron chi connectivity index (χ0n) is 13.3. The number of aliphatic carboxylic acids is 1.